The smallest absolute Gasteiger partial charge is 0.255 e. The molecular weight excluding hydrogens is 316 g/mol. The van der Waals surface area contributed by atoms with Crippen molar-refractivity contribution in [1.29, 1.82) is 0 Å². The van der Waals surface area contributed by atoms with Crippen LogP contribution in [-0.2, 0) is 10.0 Å². The zero-order chi connectivity index (χ0) is 17.0. The Hall–Kier alpha value is -2.38. The molecule has 1 N–H and O–H groups in total. The third-order valence-electron chi connectivity index (χ3n) is 3.23. The largest absolute Gasteiger partial charge is 0.495 e. The SMILES string of the molecule is COc1ccccc1NC(=O)c1cccc(S(=O)(=O)N(C)C)c1. The zero-order valence-electron chi connectivity index (χ0n) is 13.1. The van der Waals surface area contributed by atoms with Crippen molar-refractivity contribution in [1.82, 2.24) is 4.31 Å². The van der Waals surface area contributed by atoms with Gasteiger partial charge in [-0.1, -0.05) is 18.2 Å². The Bertz CT molecular complexity index is 816. The zero-order valence-corrected chi connectivity index (χ0v) is 13.9. The van der Waals surface area contributed by atoms with E-state index in [0.717, 1.165) is 4.31 Å². The van der Waals surface area contributed by atoms with Gasteiger partial charge >= 0.3 is 0 Å². The van der Waals surface area contributed by atoms with Gasteiger partial charge < -0.3 is 10.1 Å². The minimum absolute atomic E-state index is 0.0650. The molecule has 0 saturated carbocycles. The Balaban J connectivity index is 2.31. The van der Waals surface area contributed by atoms with Crippen molar-refractivity contribution in [2.24, 2.45) is 0 Å². The van der Waals surface area contributed by atoms with E-state index in [-0.39, 0.29) is 10.5 Å². The maximum atomic E-state index is 12.4. The van der Waals surface area contributed by atoms with Crippen molar-refractivity contribution in [3.05, 3.63) is 54.1 Å². The highest BCUT2D eigenvalue weighted by Crippen LogP contribution is 2.24. The molecule has 6 nitrogen and oxygen atoms in total. The summed E-state index contributed by atoms with van der Waals surface area (Å²) in [5.74, 6) is 0.114. The number of para-hydroxylation sites is 2. The van der Waals surface area contributed by atoms with Gasteiger partial charge in [0.25, 0.3) is 5.91 Å². The molecule has 122 valence electrons. The van der Waals surface area contributed by atoms with Crippen LogP contribution in [0.4, 0.5) is 5.69 Å². The first-order chi connectivity index (χ1) is 10.9. The van der Waals surface area contributed by atoms with Crippen LogP contribution in [0.25, 0.3) is 0 Å². The van der Waals surface area contributed by atoms with E-state index in [1.54, 1.807) is 30.3 Å². The molecule has 0 aliphatic carbocycles. The number of hydrogen-bond donors (Lipinski definition) is 1. The van der Waals surface area contributed by atoms with Gasteiger partial charge in [-0.2, -0.15) is 0 Å². The van der Waals surface area contributed by atoms with Crippen molar-refractivity contribution >= 4 is 21.6 Å². The van der Waals surface area contributed by atoms with Gasteiger partial charge in [-0.15, -0.1) is 0 Å². The summed E-state index contributed by atoms with van der Waals surface area (Å²) >= 11 is 0. The molecule has 0 aliphatic rings. The molecule has 0 bridgehead atoms. The van der Waals surface area contributed by atoms with E-state index in [1.807, 2.05) is 0 Å². The predicted molar refractivity (Wildman–Crippen MR) is 88.3 cm³/mol. The van der Waals surface area contributed by atoms with Crippen LogP contribution >= 0.6 is 0 Å². The lowest BCUT2D eigenvalue weighted by Crippen LogP contribution is -2.22. The molecule has 7 heteroatoms. The number of ether oxygens (including phenoxy) is 1. The molecule has 1 amide bonds. The molecule has 0 saturated heterocycles. The number of carbonyl (C=O) groups excluding carboxylic acids is 1. The number of methoxy groups -OCH3 is 1. The van der Waals surface area contributed by atoms with Gasteiger partial charge in [0, 0.05) is 19.7 Å². The molecular formula is C16H18N2O4S. The highest BCUT2D eigenvalue weighted by Gasteiger charge is 2.19. The molecule has 23 heavy (non-hydrogen) atoms. The molecule has 0 spiro atoms. The molecule has 0 atom stereocenters. The van der Waals surface area contributed by atoms with Crippen molar-refractivity contribution < 1.29 is 17.9 Å². The Morgan fingerprint density at radius 3 is 2.43 bits per heavy atom. The van der Waals surface area contributed by atoms with E-state index in [1.165, 1.54) is 39.4 Å². The summed E-state index contributed by atoms with van der Waals surface area (Å²) in [5.41, 5.74) is 0.764. The van der Waals surface area contributed by atoms with Crippen molar-refractivity contribution in [2.75, 3.05) is 26.5 Å². The van der Waals surface area contributed by atoms with Crippen LogP contribution in [0.3, 0.4) is 0 Å². The summed E-state index contributed by atoms with van der Waals surface area (Å²) in [6.07, 6.45) is 0. The van der Waals surface area contributed by atoms with Crippen LogP contribution in [-0.4, -0.2) is 39.8 Å². The van der Waals surface area contributed by atoms with E-state index in [9.17, 15) is 13.2 Å². The highest BCUT2D eigenvalue weighted by molar-refractivity contribution is 7.89. The van der Waals surface area contributed by atoms with Gasteiger partial charge in [0.1, 0.15) is 5.75 Å². The van der Waals surface area contributed by atoms with E-state index in [2.05, 4.69) is 5.32 Å². The first-order valence-corrected chi connectivity index (χ1v) is 8.27. The van der Waals surface area contributed by atoms with Crippen molar-refractivity contribution in [2.45, 2.75) is 4.90 Å². The molecule has 0 heterocycles. The van der Waals surface area contributed by atoms with Crippen molar-refractivity contribution in [3.8, 4) is 5.75 Å². The van der Waals surface area contributed by atoms with E-state index in [4.69, 9.17) is 4.74 Å². The number of rotatable bonds is 5. The fraction of sp³-hybridized carbons (Fsp3) is 0.188. The average Bonchev–Trinajstić information content (AvgIpc) is 2.55. The number of carbonyl (C=O) groups is 1. The van der Waals surface area contributed by atoms with Crippen LogP contribution < -0.4 is 10.1 Å². The minimum Gasteiger partial charge on any atom is -0.495 e. The molecule has 2 aromatic carbocycles. The van der Waals surface area contributed by atoms with E-state index < -0.39 is 15.9 Å². The quantitative estimate of drug-likeness (QED) is 0.909. The van der Waals surface area contributed by atoms with E-state index in [0.29, 0.717) is 11.4 Å². The second kappa shape index (κ2) is 6.80. The molecule has 2 rings (SSSR count). The maximum absolute atomic E-state index is 12.4. The average molecular weight is 334 g/mol. The molecule has 0 aromatic heterocycles. The standard InChI is InChI=1S/C16H18N2O4S/c1-18(2)23(20,21)13-8-6-7-12(11-13)16(19)17-14-9-4-5-10-15(14)22-3/h4-11H,1-3H3,(H,17,19). The number of nitrogens with one attached hydrogen (secondary N) is 1. The lowest BCUT2D eigenvalue weighted by molar-refractivity contribution is 0.102. The molecule has 0 radical (unpaired) electrons. The Morgan fingerprint density at radius 2 is 1.78 bits per heavy atom. The van der Waals surface area contributed by atoms with Gasteiger partial charge in [-0.25, -0.2) is 12.7 Å². The topological polar surface area (TPSA) is 75.7 Å². The monoisotopic (exact) mass is 334 g/mol. The fourth-order valence-electron chi connectivity index (χ4n) is 1.95. The fourth-order valence-corrected chi connectivity index (χ4v) is 2.90. The molecule has 0 aliphatic heterocycles. The maximum Gasteiger partial charge on any atom is 0.255 e. The number of benzene rings is 2. The number of nitrogens with zero attached hydrogens (tertiary/aromatic N) is 1. The second-order valence-electron chi connectivity index (χ2n) is 4.97. The third kappa shape index (κ3) is 3.69. The van der Waals surface area contributed by atoms with Gasteiger partial charge in [-0.3, -0.25) is 4.79 Å². The number of amides is 1. The summed E-state index contributed by atoms with van der Waals surface area (Å²) in [6.45, 7) is 0. The summed E-state index contributed by atoms with van der Waals surface area (Å²) in [7, 11) is 0.802. The molecule has 0 unspecified atom stereocenters. The lowest BCUT2D eigenvalue weighted by Gasteiger charge is -2.13. The van der Waals surface area contributed by atoms with Gasteiger partial charge in [0.2, 0.25) is 10.0 Å². The molecule has 0 fully saturated rings. The summed E-state index contributed by atoms with van der Waals surface area (Å²) in [4.78, 5) is 12.4. The first-order valence-electron chi connectivity index (χ1n) is 6.83. The Morgan fingerprint density at radius 1 is 1.09 bits per heavy atom. The van der Waals surface area contributed by atoms with Crippen molar-refractivity contribution in [3.63, 3.8) is 0 Å². The lowest BCUT2D eigenvalue weighted by atomic mass is 10.2. The van der Waals surface area contributed by atoms with Crippen LogP contribution in [0, 0.1) is 0 Å². The predicted octanol–water partition coefficient (Wildman–Crippen LogP) is 2.20. The third-order valence-corrected chi connectivity index (χ3v) is 5.04. The summed E-state index contributed by atoms with van der Waals surface area (Å²) in [6, 6.07) is 12.9. The van der Waals surface area contributed by atoms with Gasteiger partial charge in [0.05, 0.1) is 17.7 Å². The first kappa shape index (κ1) is 17.0. The van der Waals surface area contributed by atoms with Crippen LogP contribution in [0.1, 0.15) is 10.4 Å². The molecule has 2 aromatic rings. The summed E-state index contributed by atoms with van der Waals surface area (Å²) < 4.78 is 30.6. The van der Waals surface area contributed by atoms with Crippen LogP contribution in [0.2, 0.25) is 0 Å². The van der Waals surface area contributed by atoms with Gasteiger partial charge in [0.15, 0.2) is 0 Å². The summed E-state index contributed by atoms with van der Waals surface area (Å²) in [5, 5.41) is 2.71. The van der Waals surface area contributed by atoms with Crippen LogP contribution in [0.15, 0.2) is 53.4 Å². The van der Waals surface area contributed by atoms with Crippen LogP contribution in [0.5, 0.6) is 5.75 Å². The van der Waals surface area contributed by atoms with Gasteiger partial charge in [-0.05, 0) is 30.3 Å². The Kier molecular flexibility index (Phi) is 5.02. The number of hydrogen-bond acceptors (Lipinski definition) is 4. The van der Waals surface area contributed by atoms with E-state index >= 15 is 0 Å². The number of anilines is 1. The minimum atomic E-state index is -3.59. The second-order valence-corrected chi connectivity index (χ2v) is 7.12. The normalized spacial score (nSPS) is 11.3. The highest BCUT2D eigenvalue weighted by atomic mass is 32.2. The number of sulfonamides is 1. The Labute approximate surface area is 135 Å².